The van der Waals surface area contributed by atoms with E-state index < -0.39 is 0 Å². The molecule has 0 amide bonds. The van der Waals surface area contributed by atoms with Gasteiger partial charge in [0.1, 0.15) is 6.33 Å². The van der Waals surface area contributed by atoms with Crippen LogP contribution in [-0.4, -0.2) is 14.8 Å². The van der Waals surface area contributed by atoms with Crippen LogP contribution in [0.1, 0.15) is 20.8 Å². The van der Waals surface area contributed by atoms with Gasteiger partial charge < -0.3 is 4.57 Å². The van der Waals surface area contributed by atoms with Gasteiger partial charge in [-0.25, -0.2) is 0 Å². The van der Waals surface area contributed by atoms with Gasteiger partial charge >= 0.3 is 0 Å². The predicted molar refractivity (Wildman–Crippen MR) is 65.5 cm³/mol. The van der Waals surface area contributed by atoms with Gasteiger partial charge in [-0.05, 0) is 32.9 Å². The molecule has 0 atom stereocenters. The molecule has 0 aliphatic heterocycles. The second kappa shape index (κ2) is 3.91. The second-order valence-corrected chi connectivity index (χ2v) is 5.14. The molecule has 16 heavy (non-hydrogen) atoms. The van der Waals surface area contributed by atoms with Crippen molar-refractivity contribution in [3.8, 4) is 11.4 Å². The summed E-state index contributed by atoms with van der Waals surface area (Å²) in [6.45, 7) is 6.35. The molecule has 0 bridgehead atoms. The van der Waals surface area contributed by atoms with Crippen molar-refractivity contribution in [1.29, 1.82) is 0 Å². The first kappa shape index (κ1) is 11.1. The quantitative estimate of drug-likeness (QED) is 0.759. The lowest BCUT2D eigenvalue weighted by Crippen LogP contribution is -2.21. The minimum Gasteiger partial charge on any atom is -0.308 e. The van der Waals surface area contributed by atoms with E-state index in [0.717, 1.165) is 11.4 Å². The Balaban J connectivity index is 2.53. The van der Waals surface area contributed by atoms with Crippen LogP contribution in [-0.2, 0) is 5.54 Å². The van der Waals surface area contributed by atoms with Crippen LogP contribution < -0.4 is 0 Å². The van der Waals surface area contributed by atoms with E-state index in [0.29, 0.717) is 5.02 Å². The van der Waals surface area contributed by atoms with Crippen molar-refractivity contribution < 1.29 is 0 Å². The molecule has 4 heteroatoms. The molecule has 1 heterocycles. The summed E-state index contributed by atoms with van der Waals surface area (Å²) in [5.74, 6) is 0.843. The van der Waals surface area contributed by atoms with Crippen molar-refractivity contribution >= 4 is 11.6 Å². The number of halogens is 1. The molecular weight excluding hydrogens is 222 g/mol. The van der Waals surface area contributed by atoms with Gasteiger partial charge in [-0.15, -0.1) is 10.2 Å². The molecule has 0 saturated heterocycles. The molecule has 0 radical (unpaired) electrons. The average molecular weight is 236 g/mol. The molecule has 1 aromatic carbocycles. The first-order valence-electron chi connectivity index (χ1n) is 5.15. The zero-order valence-electron chi connectivity index (χ0n) is 9.61. The van der Waals surface area contributed by atoms with Gasteiger partial charge in [-0.2, -0.15) is 0 Å². The molecule has 1 aromatic heterocycles. The summed E-state index contributed by atoms with van der Waals surface area (Å²) < 4.78 is 2.04. The van der Waals surface area contributed by atoms with Crippen LogP contribution >= 0.6 is 11.6 Å². The molecule has 0 saturated carbocycles. The standard InChI is InChI=1S/C12H14ClN3/c1-12(2,3)16-8-14-15-11(16)9-5-4-6-10(13)7-9/h4-8H,1-3H3. The van der Waals surface area contributed by atoms with Crippen LogP contribution in [0.3, 0.4) is 0 Å². The maximum atomic E-state index is 5.97. The Morgan fingerprint density at radius 2 is 2.00 bits per heavy atom. The lowest BCUT2D eigenvalue weighted by atomic mass is 10.1. The summed E-state index contributed by atoms with van der Waals surface area (Å²) in [5.41, 5.74) is 0.946. The summed E-state index contributed by atoms with van der Waals surface area (Å²) in [6, 6.07) is 7.65. The van der Waals surface area contributed by atoms with Crippen LogP contribution in [0.5, 0.6) is 0 Å². The summed E-state index contributed by atoms with van der Waals surface area (Å²) in [7, 11) is 0. The largest absolute Gasteiger partial charge is 0.308 e. The van der Waals surface area contributed by atoms with E-state index in [2.05, 4.69) is 31.0 Å². The van der Waals surface area contributed by atoms with E-state index in [4.69, 9.17) is 11.6 Å². The Kier molecular flexibility index (Phi) is 2.72. The molecule has 0 unspecified atom stereocenters. The highest BCUT2D eigenvalue weighted by Crippen LogP contribution is 2.25. The smallest absolute Gasteiger partial charge is 0.164 e. The maximum Gasteiger partial charge on any atom is 0.164 e. The molecule has 3 nitrogen and oxygen atoms in total. The second-order valence-electron chi connectivity index (χ2n) is 4.71. The molecule has 0 fully saturated rings. The highest BCUT2D eigenvalue weighted by Gasteiger charge is 2.18. The zero-order valence-corrected chi connectivity index (χ0v) is 10.4. The van der Waals surface area contributed by atoms with Gasteiger partial charge in [-0.3, -0.25) is 0 Å². The molecule has 0 spiro atoms. The number of hydrogen-bond donors (Lipinski definition) is 0. The van der Waals surface area contributed by atoms with Crippen LogP contribution in [0.15, 0.2) is 30.6 Å². The van der Waals surface area contributed by atoms with E-state index in [9.17, 15) is 0 Å². The highest BCUT2D eigenvalue weighted by atomic mass is 35.5. The molecule has 2 rings (SSSR count). The maximum absolute atomic E-state index is 5.97. The lowest BCUT2D eigenvalue weighted by molar-refractivity contribution is 0.400. The normalized spacial score (nSPS) is 11.8. The van der Waals surface area contributed by atoms with Crippen molar-refractivity contribution in [3.63, 3.8) is 0 Å². The Morgan fingerprint density at radius 3 is 2.62 bits per heavy atom. The van der Waals surface area contributed by atoms with E-state index in [1.54, 1.807) is 6.33 Å². The van der Waals surface area contributed by atoms with Crippen molar-refractivity contribution in [2.45, 2.75) is 26.3 Å². The predicted octanol–water partition coefficient (Wildman–Crippen LogP) is 3.35. The molecule has 0 aliphatic rings. The molecule has 0 N–H and O–H groups in total. The summed E-state index contributed by atoms with van der Waals surface area (Å²) >= 11 is 5.97. The number of nitrogens with zero attached hydrogens (tertiary/aromatic N) is 3. The van der Waals surface area contributed by atoms with Crippen molar-refractivity contribution in [2.75, 3.05) is 0 Å². The third-order valence-electron chi connectivity index (χ3n) is 2.35. The fourth-order valence-electron chi connectivity index (χ4n) is 1.55. The fourth-order valence-corrected chi connectivity index (χ4v) is 1.74. The van der Waals surface area contributed by atoms with E-state index >= 15 is 0 Å². The number of aromatic nitrogens is 3. The van der Waals surface area contributed by atoms with Gasteiger partial charge in [-0.1, -0.05) is 23.7 Å². The minimum absolute atomic E-state index is 0.0405. The molecule has 84 valence electrons. The SMILES string of the molecule is CC(C)(C)n1cnnc1-c1cccc(Cl)c1. The van der Waals surface area contributed by atoms with Gasteiger partial charge in [0, 0.05) is 16.1 Å². The monoisotopic (exact) mass is 235 g/mol. The van der Waals surface area contributed by atoms with Gasteiger partial charge in [0.2, 0.25) is 0 Å². The minimum atomic E-state index is -0.0405. The first-order chi connectivity index (χ1) is 7.48. The van der Waals surface area contributed by atoms with Crippen molar-refractivity contribution in [1.82, 2.24) is 14.8 Å². The molecular formula is C12H14ClN3. The Hall–Kier alpha value is -1.35. The van der Waals surface area contributed by atoms with E-state index in [1.807, 2.05) is 28.8 Å². The van der Waals surface area contributed by atoms with Gasteiger partial charge in [0.25, 0.3) is 0 Å². The summed E-state index contributed by atoms with van der Waals surface area (Å²) in [5, 5.41) is 8.82. The molecule has 2 aromatic rings. The van der Waals surface area contributed by atoms with Gasteiger partial charge in [0.05, 0.1) is 0 Å². The average Bonchev–Trinajstić information content (AvgIpc) is 2.65. The zero-order chi connectivity index (χ0) is 11.8. The van der Waals surface area contributed by atoms with Crippen molar-refractivity contribution in [3.05, 3.63) is 35.6 Å². The van der Waals surface area contributed by atoms with E-state index in [-0.39, 0.29) is 5.54 Å². The molecule has 0 aliphatic carbocycles. The summed E-state index contributed by atoms with van der Waals surface area (Å²) in [6.07, 6.45) is 1.75. The summed E-state index contributed by atoms with van der Waals surface area (Å²) in [4.78, 5) is 0. The van der Waals surface area contributed by atoms with Gasteiger partial charge in [0.15, 0.2) is 5.82 Å². The number of hydrogen-bond acceptors (Lipinski definition) is 2. The Morgan fingerprint density at radius 1 is 1.25 bits per heavy atom. The number of rotatable bonds is 1. The Labute approximate surface area is 100 Å². The van der Waals surface area contributed by atoms with Crippen LogP contribution in [0, 0.1) is 0 Å². The first-order valence-corrected chi connectivity index (χ1v) is 5.53. The fraction of sp³-hybridized carbons (Fsp3) is 0.333. The van der Waals surface area contributed by atoms with E-state index in [1.165, 1.54) is 0 Å². The van der Waals surface area contributed by atoms with Crippen LogP contribution in [0.25, 0.3) is 11.4 Å². The van der Waals surface area contributed by atoms with Crippen molar-refractivity contribution in [2.24, 2.45) is 0 Å². The lowest BCUT2D eigenvalue weighted by Gasteiger charge is -2.22. The topological polar surface area (TPSA) is 30.7 Å². The van der Waals surface area contributed by atoms with Crippen LogP contribution in [0.4, 0.5) is 0 Å². The third kappa shape index (κ3) is 2.09. The highest BCUT2D eigenvalue weighted by molar-refractivity contribution is 6.30. The number of benzene rings is 1. The van der Waals surface area contributed by atoms with Crippen LogP contribution in [0.2, 0.25) is 5.02 Å². The Bertz CT molecular complexity index is 497. The third-order valence-corrected chi connectivity index (χ3v) is 2.59.